The van der Waals surface area contributed by atoms with Crippen molar-refractivity contribution in [1.29, 1.82) is 0 Å². The van der Waals surface area contributed by atoms with E-state index in [1.54, 1.807) is 6.20 Å². The molecule has 1 aliphatic rings. The van der Waals surface area contributed by atoms with Crippen LogP contribution in [0.1, 0.15) is 6.92 Å². The molecule has 10 heavy (non-hydrogen) atoms. The van der Waals surface area contributed by atoms with Crippen molar-refractivity contribution < 1.29 is 0 Å². The Morgan fingerprint density at radius 1 is 1.70 bits per heavy atom. The molecule has 1 atom stereocenters. The first-order valence-corrected chi connectivity index (χ1v) is 3.34. The number of nitrogens with zero attached hydrogens (tertiary/aromatic N) is 2. The second-order valence-corrected chi connectivity index (χ2v) is 2.43. The number of fused-ring (bicyclic) bond motifs is 1. The third-order valence-electron chi connectivity index (χ3n) is 1.56. The van der Waals surface area contributed by atoms with Gasteiger partial charge in [-0.1, -0.05) is 0 Å². The summed E-state index contributed by atoms with van der Waals surface area (Å²) in [5, 5.41) is 3.20. The molecule has 0 radical (unpaired) electrons. The van der Waals surface area contributed by atoms with Gasteiger partial charge in [-0.3, -0.25) is 4.57 Å². The van der Waals surface area contributed by atoms with Crippen LogP contribution in [0.5, 0.6) is 0 Å². The smallest absolute Gasteiger partial charge is 0.207 e. The zero-order valence-corrected chi connectivity index (χ0v) is 5.78. The van der Waals surface area contributed by atoms with Crippen molar-refractivity contribution >= 4 is 12.1 Å². The number of nitrogens with one attached hydrogen (secondary N) is 1. The predicted octanol–water partition coefficient (Wildman–Crippen LogP) is 1.17. The molecule has 52 valence electrons. The van der Waals surface area contributed by atoms with Crippen molar-refractivity contribution in [3.63, 3.8) is 0 Å². The molecule has 1 unspecified atom stereocenters. The zero-order chi connectivity index (χ0) is 6.97. The van der Waals surface area contributed by atoms with E-state index in [0.29, 0.717) is 6.04 Å². The van der Waals surface area contributed by atoms with E-state index in [1.165, 1.54) is 0 Å². The van der Waals surface area contributed by atoms with Crippen LogP contribution in [-0.2, 0) is 0 Å². The van der Waals surface area contributed by atoms with Crippen molar-refractivity contribution in [2.75, 3.05) is 5.32 Å². The summed E-state index contributed by atoms with van der Waals surface area (Å²) in [4.78, 5) is 4.11. The van der Waals surface area contributed by atoms with Crippen molar-refractivity contribution in [3.8, 4) is 0 Å². The Morgan fingerprint density at radius 3 is 3.50 bits per heavy atom. The second-order valence-electron chi connectivity index (χ2n) is 2.43. The molecule has 0 aliphatic carbocycles. The van der Waals surface area contributed by atoms with E-state index in [4.69, 9.17) is 0 Å². The van der Waals surface area contributed by atoms with Gasteiger partial charge in [-0.15, -0.1) is 0 Å². The van der Waals surface area contributed by atoms with Crippen molar-refractivity contribution in [2.45, 2.75) is 13.0 Å². The molecule has 2 rings (SSSR count). The molecular weight excluding hydrogens is 126 g/mol. The van der Waals surface area contributed by atoms with Crippen molar-refractivity contribution in [1.82, 2.24) is 9.55 Å². The quantitative estimate of drug-likeness (QED) is 0.578. The third kappa shape index (κ3) is 0.708. The minimum absolute atomic E-state index is 0.398. The highest BCUT2D eigenvalue weighted by Crippen LogP contribution is 2.11. The minimum atomic E-state index is 0.398. The monoisotopic (exact) mass is 135 g/mol. The van der Waals surface area contributed by atoms with Crippen LogP contribution in [0, 0.1) is 0 Å². The maximum atomic E-state index is 4.11. The fourth-order valence-electron chi connectivity index (χ4n) is 1.02. The summed E-state index contributed by atoms with van der Waals surface area (Å²) in [6.07, 6.45) is 7.81. The first-order valence-electron chi connectivity index (χ1n) is 3.34. The normalized spacial score (nSPS) is 21.9. The Hall–Kier alpha value is -1.25. The summed E-state index contributed by atoms with van der Waals surface area (Å²) in [5.74, 6) is 0.926. The lowest BCUT2D eigenvalue weighted by molar-refractivity contribution is 0.919. The van der Waals surface area contributed by atoms with Crippen LogP contribution in [0.25, 0.3) is 6.20 Å². The molecule has 3 heteroatoms. The molecule has 3 nitrogen and oxygen atoms in total. The lowest BCUT2D eigenvalue weighted by atomic mass is 10.3. The van der Waals surface area contributed by atoms with E-state index in [2.05, 4.69) is 23.3 Å². The molecule has 2 heterocycles. The molecule has 0 aromatic carbocycles. The van der Waals surface area contributed by atoms with Crippen molar-refractivity contribution in [2.24, 2.45) is 0 Å². The van der Waals surface area contributed by atoms with E-state index >= 15 is 0 Å². The van der Waals surface area contributed by atoms with Gasteiger partial charge < -0.3 is 5.32 Å². The predicted molar refractivity (Wildman–Crippen MR) is 40.6 cm³/mol. The molecule has 0 spiro atoms. The summed E-state index contributed by atoms with van der Waals surface area (Å²) >= 11 is 0. The Bertz CT molecular complexity index is 262. The summed E-state index contributed by atoms with van der Waals surface area (Å²) in [6, 6.07) is 0.398. The Balaban J connectivity index is 2.43. The highest BCUT2D eigenvalue weighted by Gasteiger charge is 2.06. The van der Waals surface area contributed by atoms with Gasteiger partial charge in [0.25, 0.3) is 0 Å². The van der Waals surface area contributed by atoms with Gasteiger partial charge in [0.1, 0.15) is 0 Å². The molecule has 1 aliphatic heterocycles. The van der Waals surface area contributed by atoms with Gasteiger partial charge >= 0.3 is 0 Å². The van der Waals surface area contributed by atoms with Gasteiger partial charge in [-0.05, 0) is 13.0 Å². The summed E-state index contributed by atoms with van der Waals surface area (Å²) in [5.41, 5.74) is 0. The van der Waals surface area contributed by atoms with Crippen molar-refractivity contribution in [3.05, 3.63) is 18.5 Å². The Labute approximate surface area is 59.4 Å². The lowest BCUT2D eigenvalue weighted by Crippen LogP contribution is -2.18. The fraction of sp³-hybridized carbons (Fsp3) is 0.286. The van der Waals surface area contributed by atoms with Gasteiger partial charge in [-0.2, -0.15) is 0 Å². The van der Waals surface area contributed by atoms with E-state index in [0.717, 1.165) is 5.95 Å². The topological polar surface area (TPSA) is 29.9 Å². The minimum Gasteiger partial charge on any atom is -0.349 e. The zero-order valence-electron chi connectivity index (χ0n) is 5.78. The van der Waals surface area contributed by atoms with E-state index in [-0.39, 0.29) is 0 Å². The average Bonchev–Trinajstić information content (AvgIpc) is 2.33. The van der Waals surface area contributed by atoms with Crippen LogP contribution in [0.4, 0.5) is 5.95 Å². The lowest BCUT2D eigenvalue weighted by Gasteiger charge is -2.15. The maximum Gasteiger partial charge on any atom is 0.207 e. The highest BCUT2D eigenvalue weighted by molar-refractivity contribution is 5.45. The summed E-state index contributed by atoms with van der Waals surface area (Å²) in [7, 11) is 0. The van der Waals surface area contributed by atoms with Crippen LogP contribution >= 0.6 is 0 Å². The first-order chi connectivity index (χ1) is 4.86. The number of rotatable bonds is 0. The Morgan fingerprint density at radius 2 is 2.60 bits per heavy atom. The van der Waals surface area contributed by atoms with Gasteiger partial charge in [-0.25, -0.2) is 4.98 Å². The molecule has 1 aromatic heterocycles. The third-order valence-corrected chi connectivity index (χ3v) is 1.56. The number of hydrogen-bond donors (Lipinski definition) is 1. The van der Waals surface area contributed by atoms with E-state index < -0.39 is 0 Å². The van der Waals surface area contributed by atoms with Gasteiger partial charge in [0, 0.05) is 24.6 Å². The largest absolute Gasteiger partial charge is 0.349 e. The van der Waals surface area contributed by atoms with Gasteiger partial charge in [0.15, 0.2) is 0 Å². The molecule has 0 saturated carbocycles. The molecule has 1 aromatic rings. The number of anilines is 1. The molecule has 0 fully saturated rings. The number of aromatic nitrogens is 2. The fourth-order valence-corrected chi connectivity index (χ4v) is 1.02. The molecule has 0 saturated heterocycles. The van der Waals surface area contributed by atoms with Crippen LogP contribution in [0.2, 0.25) is 0 Å². The molecule has 0 amide bonds. The number of hydrogen-bond acceptors (Lipinski definition) is 2. The summed E-state index contributed by atoms with van der Waals surface area (Å²) < 4.78 is 1.96. The standard InChI is InChI=1S/C7H9N3/c1-6-2-4-10-5-3-8-7(10)9-6/h2-6H,1H3,(H,8,9). The van der Waals surface area contributed by atoms with Gasteiger partial charge in [0.05, 0.1) is 0 Å². The Kier molecular flexibility index (Phi) is 1.03. The maximum absolute atomic E-state index is 4.11. The SMILES string of the molecule is CC1C=Cn2ccnc2N1. The number of imidazole rings is 1. The molecular formula is C7H9N3. The summed E-state index contributed by atoms with van der Waals surface area (Å²) in [6.45, 7) is 2.09. The molecule has 1 N–H and O–H groups in total. The van der Waals surface area contributed by atoms with Gasteiger partial charge in [0.2, 0.25) is 5.95 Å². The first kappa shape index (κ1) is 5.53. The van der Waals surface area contributed by atoms with Crippen LogP contribution < -0.4 is 5.32 Å². The highest BCUT2D eigenvalue weighted by atomic mass is 15.2. The van der Waals surface area contributed by atoms with Crippen LogP contribution in [-0.4, -0.2) is 15.6 Å². The second kappa shape index (κ2) is 1.87. The van der Waals surface area contributed by atoms with E-state index in [1.807, 2.05) is 17.0 Å². The average molecular weight is 135 g/mol. The van der Waals surface area contributed by atoms with Crippen LogP contribution in [0.15, 0.2) is 18.5 Å². The van der Waals surface area contributed by atoms with Crippen LogP contribution in [0.3, 0.4) is 0 Å². The van der Waals surface area contributed by atoms with E-state index in [9.17, 15) is 0 Å². The molecule has 0 bridgehead atoms.